The van der Waals surface area contributed by atoms with Crippen LogP contribution in [0.2, 0.25) is 0 Å². The van der Waals surface area contributed by atoms with Gasteiger partial charge in [0.05, 0.1) is 4.90 Å². The number of hydrogen-bond donors (Lipinski definition) is 0. The zero-order chi connectivity index (χ0) is 23.7. The number of fused-ring (bicyclic) bond motifs is 6. The van der Waals surface area contributed by atoms with Crippen molar-refractivity contribution in [3.8, 4) is 0 Å². The van der Waals surface area contributed by atoms with Crippen LogP contribution in [0.1, 0.15) is 16.7 Å². The minimum Gasteiger partial charge on any atom is -0.207 e. The molecule has 0 atom stereocenters. The Morgan fingerprint density at radius 2 is 1.17 bits per heavy atom. The molecule has 35 heavy (non-hydrogen) atoms. The number of aryl methyl sites for hydroxylation is 1. The molecule has 1 aliphatic rings. The second kappa shape index (κ2) is 7.38. The van der Waals surface area contributed by atoms with Gasteiger partial charge in [-0.2, -0.15) is 4.31 Å². The monoisotopic (exact) mass is 473 g/mol. The Morgan fingerprint density at radius 1 is 0.600 bits per heavy atom. The van der Waals surface area contributed by atoms with E-state index in [1.54, 1.807) is 16.4 Å². The molecule has 0 amide bonds. The topological polar surface area (TPSA) is 37.4 Å². The van der Waals surface area contributed by atoms with E-state index in [9.17, 15) is 8.42 Å². The predicted octanol–water partition coefficient (Wildman–Crippen LogP) is 7.31. The van der Waals surface area contributed by atoms with Gasteiger partial charge in [-0.3, -0.25) is 0 Å². The Bertz CT molecular complexity index is 1910. The van der Waals surface area contributed by atoms with E-state index in [1.807, 2.05) is 19.1 Å². The zero-order valence-electron chi connectivity index (χ0n) is 19.3. The summed E-state index contributed by atoms with van der Waals surface area (Å²) in [5, 5.41) is 9.61. The van der Waals surface area contributed by atoms with E-state index in [1.165, 1.54) is 32.3 Å². The van der Waals surface area contributed by atoms with Crippen molar-refractivity contribution in [1.82, 2.24) is 4.31 Å². The molecule has 0 saturated heterocycles. The number of rotatable bonds is 2. The highest BCUT2D eigenvalue weighted by molar-refractivity contribution is 7.89. The molecule has 170 valence electrons. The highest BCUT2D eigenvalue weighted by Crippen LogP contribution is 2.43. The molecule has 0 bridgehead atoms. The third kappa shape index (κ3) is 3.04. The molecular weight excluding hydrogens is 450 g/mol. The van der Waals surface area contributed by atoms with E-state index in [2.05, 4.69) is 72.8 Å². The van der Waals surface area contributed by atoms with Gasteiger partial charge in [0, 0.05) is 13.1 Å². The molecule has 1 heterocycles. The van der Waals surface area contributed by atoms with Gasteiger partial charge in [0.2, 0.25) is 10.0 Å². The fraction of sp³-hybridized carbons (Fsp3) is 0.0968. The van der Waals surface area contributed by atoms with E-state index in [0.717, 1.165) is 27.5 Å². The largest absolute Gasteiger partial charge is 0.243 e. The van der Waals surface area contributed by atoms with Crippen molar-refractivity contribution >= 4 is 53.1 Å². The van der Waals surface area contributed by atoms with E-state index in [0.29, 0.717) is 18.0 Å². The summed E-state index contributed by atoms with van der Waals surface area (Å²) >= 11 is 0. The van der Waals surface area contributed by atoms with E-state index < -0.39 is 10.0 Å². The highest BCUT2D eigenvalue weighted by Gasteiger charge is 2.30. The Labute approximate surface area is 204 Å². The average molecular weight is 474 g/mol. The molecule has 0 fully saturated rings. The molecule has 0 unspecified atom stereocenters. The van der Waals surface area contributed by atoms with Gasteiger partial charge in [-0.15, -0.1) is 0 Å². The second-order valence-corrected chi connectivity index (χ2v) is 11.5. The van der Waals surface area contributed by atoms with Crippen LogP contribution in [0.3, 0.4) is 0 Å². The van der Waals surface area contributed by atoms with Crippen LogP contribution >= 0.6 is 0 Å². The molecule has 0 spiro atoms. The number of benzene rings is 6. The molecule has 6 aromatic rings. The molecule has 0 saturated carbocycles. The van der Waals surface area contributed by atoms with Crippen LogP contribution in [-0.4, -0.2) is 12.7 Å². The van der Waals surface area contributed by atoms with Gasteiger partial charge >= 0.3 is 0 Å². The standard InChI is InChI=1S/C31H23NO2S/c1-20-10-14-26(15-11-20)35(33,34)32-18-24-16-22-7-3-5-9-28(22)31-29(24)25(19-32)17-23-13-12-21-6-2-4-8-27(21)30(23)31/h2-17H,18-19H2,1H3. The van der Waals surface area contributed by atoms with Crippen LogP contribution in [-0.2, 0) is 23.1 Å². The van der Waals surface area contributed by atoms with Gasteiger partial charge in [0.15, 0.2) is 0 Å². The smallest absolute Gasteiger partial charge is 0.207 e. The van der Waals surface area contributed by atoms with Crippen molar-refractivity contribution in [2.75, 3.05) is 0 Å². The number of hydrogen-bond acceptors (Lipinski definition) is 2. The van der Waals surface area contributed by atoms with Crippen LogP contribution < -0.4 is 0 Å². The summed E-state index contributed by atoms with van der Waals surface area (Å²) < 4.78 is 28.9. The Hall–Kier alpha value is -3.73. The molecule has 6 aromatic carbocycles. The molecule has 1 aliphatic heterocycles. The zero-order valence-corrected chi connectivity index (χ0v) is 20.1. The van der Waals surface area contributed by atoms with Crippen molar-refractivity contribution in [2.24, 2.45) is 0 Å². The van der Waals surface area contributed by atoms with Crippen LogP contribution in [0.25, 0.3) is 43.1 Å². The van der Waals surface area contributed by atoms with Gasteiger partial charge in [-0.25, -0.2) is 8.42 Å². The molecule has 0 aliphatic carbocycles. The minimum absolute atomic E-state index is 0.343. The summed E-state index contributed by atoms with van der Waals surface area (Å²) in [4.78, 5) is 0.343. The van der Waals surface area contributed by atoms with Gasteiger partial charge in [0.1, 0.15) is 0 Å². The molecule has 7 rings (SSSR count). The van der Waals surface area contributed by atoms with Crippen LogP contribution in [0.15, 0.2) is 102 Å². The summed E-state index contributed by atoms with van der Waals surface area (Å²) in [6.45, 7) is 2.69. The van der Waals surface area contributed by atoms with E-state index in [4.69, 9.17) is 0 Å². The molecule has 3 nitrogen and oxygen atoms in total. The first-order chi connectivity index (χ1) is 17.0. The van der Waals surface area contributed by atoms with Crippen molar-refractivity contribution in [3.63, 3.8) is 0 Å². The van der Waals surface area contributed by atoms with Gasteiger partial charge in [-0.05, 0) is 85.4 Å². The van der Waals surface area contributed by atoms with Gasteiger partial charge < -0.3 is 0 Å². The lowest BCUT2D eigenvalue weighted by Crippen LogP contribution is -2.32. The molecular formula is C31H23NO2S. The van der Waals surface area contributed by atoms with Crippen molar-refractivity contribution in [3.05, 3.63) is 114 Å². The van der Waals surface area contributed by atoms with Gasteiger partial charge in [0.25, 0.3) is 0 Å². The average Bonchev–Trinajstić information content (AvgIpc) is 2.88. The molecule has 0 radical (unpaired) electrons. The normalized spacial score (nSPS) is 14.3. The quantitative estimate of drug-likeness (QED) is 0.247. The van der Waals surface area contributed by atoms with Crippen molar-refractivity contribution < 1.29 is 8.42 Å². The fourth-order valence-electron chi connectivity index (χ4n) is 5.69. The fourth-order valence-corrected chi connectivity index (χ4v) is 7.09. The predicted molar refractivity (Wildman–Crippen MR) is 144 cm³/mol. The maximum Gasteiger partial charge on any atom is 0.243 e. The highest BCUT2D eigenvalue weighted by atomic mass is 32.2. The molecule has 0 aromatic heterocycles. The van der Waals surface area contributed by atoms with Crippen LogP contribution in [0.4, 0.5) is 0 Å². The Balaban J connectivity index is 1.55. The summed E-state index contributed by atoms with van der Waals surface area (Å²) in [7, 11) is -3.63. The van der Waals surface area contributed by atoms with E-state index >= 15 is 0 Å². The van der Waals surface area contributed by atoms with Crippen molar-refractivity contribution in [1.29, 1.82) is 0 Å². The number of nitrogens with zero attached hydrogens (tertiary/aromatic N) is 1. The first-order valence-electron chi connectivity index (χ1n) is 11.9. The lowest BCUT2D eigenvalue weighted by molar-refractivity contribution is 0.396. The lowest BCUT2D eigenvalue weighted by Gasteiger charge is -2.30. The van der Waals surface area contributed by atoms with Crippen molar-refractivity contribution in [2.45, 2.75) is 24.9 Å². The summed E-state index contributed by atoms with van der Waals surface area (Å²) in [5.41, 5.74) is 3.17. The van der Waals surface area contributed by atoms with Gasteiger partial charge in [-0.1, -0.05) is 78.4 Å². The maximum absolute atomic E-state index is 13.7. The second-order valence-electron chi connectivity index (χ2n) is 9.51. The first kappa shape index (κ1) is 20.6. The third-order valence-electron chi connectivity index (χ3n) is 7.35. The summed E-state index contributed by atoms with van der Waals surface area (Å²) in [6.07, 6.45) is 0. The maximum atomic E-state index is 13.7. The Kier molecular flexibility index (Phi) is 4.35. The minimum atomic E-state index is -3.63. The molecule has 0 N–H and O–H groups in total. The number of sulfonamides is 1. The van der Waals surface area contributed by atoms with Crippen LogP contribution in [0, 0.1) is 6.92 Å². The molecule has 4 heteroatoms. The summed E-state index contributed by atoms with van der Waals surface area (Å²) in [5.74, 6) is 0. The Morgan fingerprint density at radius 3 is 1.89 bits per heavy atom. The SMILES string of the molecule is Cc1ccc(S(=O)(=O)N2Cc3cc4ccccc4c4c3c(cc3ccc5ccccc5c34)C2)cc1. The third-order valence-corrected chi connectivity index (χ3v) is 9.15. The summed E-state index contributed by atoms with van der Waals surface area (Å²) in [6, 6.07) is 32.8. The van der Waals surface area contributed by atoms with Crippen LogP contribution in [0.5, 0.6) is 0 Å². The lowest BCUT2D eigenvalue weighted by atomic mass is 9.86. The van der Waals surface area contributed by atoms with E-state index in [-0.39, 0.29) is 0 Å². The first-order valence-corrected chi connectivity index (χ1v) is 13.3.